The molecule has 2 rings (SSSR count). The van der Waals surface area contributed by atoms with Gasteiger partial charge in [-0.1, -0.05) is 72.8 Å². The van der Waals surface area contributed by atoms with Crippen molar-refractivity contribution in [2.75, 3.05) is 0 Å². The SMILES string of the molecule is CC(C)(C)OC(=O)N[C@@H](C/C=C/CC[C@H](NC(=O)OC(C)(C)C)C(=O)OCc1ccccc1)C(=O)OCc1ccccc1. The van der Waals surface area contributed by atoms with Gasteiger partial charge in [0.15, 0.2) is 0 Å². The van der Waals surface area contributed by atoms with Crippen LogP contribution in [0, 0.1) is 0 Å². The third-order valence-electron chi connectivity index (χ3n) is 5.56. The van der Waals surface area contributed by atoms with Gasteiger partial charge in [-0.05, 0) is 71.9 Å². The third-order valence-corrected chi connectivity index (χ3v) is 5.56. The highest BCUT2D eigenvalue weighted by Crippen LogP contribution is 2.12. The molecule has 2 amide bonds. The molecule has 0 bridgehead atoms. The van der Waals surface area contributed by atoms with Crippen LogP contribution in [-0.2, 0) is 41.8 Å². The Morgan fingerprint density at radius 2 is 1.07 bits per heavy atom. The highest BCUT2D eigenvalue weighted by atomic mass is 16.6. The average molecular weight is 597 g/mol. The Morgan fingerprint density at radius 3 is 1.51 bits per heavy atom. The van der Waals surface area contributed by atoms with Gasteiger partial charge in [0.2, 0.25) is 0 Å². The van der Waals surface area contributed by atoms with Gasteiger partial charge in [-0.3, -0.25) is 0 Å². The lowest BCUT2D eigenvalue weighted by molar-refractivity contribution is -0.148. The van der Waals surface area contributed by atoms with Crippen LogP contribution in [0.15, 0.2) is 72.8 Å². The Labute approximate surface area is 254 Å². The average Bonchev–Trinajstić information content (AvgIpc) is 2.92. The maximum Gasteiger partial charge on any atom is 0.408 e. The normalized spacial score (nSPS) is 13.0. The van der Waals surface area contributed by atoms with Crippen molar-refractivity contribution < 1.29 is 38.1 Å². The van der Waals surface area contributed by atoms with E-state index in [1.807, 2.05) is 60.7 Å². The van der Waals surface area contributed by atoms with Gasteiger partial charge in [-0.25, -0.2) is 19.2 Å². The summed E-state index contributed by atoms with van der Waals surface area (Å²) in [7, 11) is 0. The summed E-state index contributed by atoms with van der Waals surface area (Å²) in [6, 6.07) is 16.4. The van der Waals surface area contributed by atoms with Gasteiger partial charge in [0.1, 0.15) is 36.5 Å². The van der Waals surface area contributed by atoms with Gasteiger partial charge in [0, 0.05) is 0 Å². The molecule has 0 aliphatic rings. The summed E-state index contributed by atoms with van der Waals surface area (Å²) < 4.78 is 21.5. The van der Waals surface area contributed by atoms with Crippen LogP contribution >= 0.6 is 0 Å². The largest absolute Gasteiger partial charge is 0.459 e. The molecule has 0 saturated carbocycles. The lowest BCUT2D eigenvalue weighted by atomic mass is 10.1. The molecule has 43 heavy (non-hydrogen) atoms. The topological polar surface area (TPSA) is 129 Å². The predicted octanol–water partition coefficient (Wildman–Crippen LogP) is 5.99. The van der Waals surface area contributed by atoms with Crippen molar-refractivity contribution >= 4 is 24.1 Å². The smallest absolute Gasteiger partial charge is 0.408 e. The van der Waals surface area contributed by atoms with Crippen LogP contribution in [0.1, 0.15) is 71.9 Å². The first-order chi connectivity index (χ1) is 20.2. The van der Waals surface area contributed by atoms with Gasteiger partial charge >= 0.3 is 24.1 Å². The molecule has 0 heterocycles. The molecule has 10 heteroatoms. The van der Waals surface area contributed by atoms with E-state index in [1.54, 1.807) is 53.7 Å². The summed E-state index contributed by atoms with van der Waals surface area (Å²) in [5.41, 5.74) is 0.136. The number of hydrogen-bond acceptors (Lipinski definition) is 8. The van der Waals surface area contributed by atoms with Crippen LogP contribution in [-0.4, -0.2) is 47.4 Å². The number of ether oxygens (including phenoxy) is 4. The minimum absolute atomic E-state index is 0.0546. The van der Waals surface area contributed by atoms with Gasteiger partial charge in [0.05, 0.1) is 0 Å². The van der Waals surface area contributed by atoms with Crippen molar-refractivity contribution in [3.63, 3.8) is 0 Å². The molecule has 2 atom stereocenters. The van der Waals surface area contributed by atoms with E-state index in [0.29, 0.717) is 6.42 Å². The first-order valence-corrected chi connectivity index (χ1v) is 14.3. The molecule has 0 unspecified atom stereocenters. The second-order valence-corrected chi connectivity index (χ2v) is 11.9. The Hall–Kier alpha value is -4.34. The van der Waals surface area contributed by atoms with E-state index in [0.717, 1.165) is 11.1 Å². The number of carbonyl (C=O) groups excluding carboxylic acids is 4. The number of amides is 2. The maximum absolute atomic E-state index is 12.9. The number of carbonyl (C=O) groups is 4. The standard InChI is InChI=1S/C33H44N2O8/c1-32(2,3)42-30(38)34-26(28(36)40-22-24-16-10-7-11-17-24)20-14-9-15-21-27(35-31(39)43-33(4,5)6)29(37)41-23-25-18-12-8-13-19-25/h7-14,16-19,26-27H,15,20-23H2,1-6H3,(H,34,38)(H,35,39)/b14-9+/t26-,27-/m0/s1. The molecular weight excluding hydrogens is 552 g/mol. The predicted molar refractivity (Wildman–Crippen MR) is 162 cm³/mol. The first-order valence-electron chi connectivity index (χ1n) is 14.3. The summed E-state index contributed by atoms with van der Waals surface area (Å²) in [4.78, 5) is 50.5. The molecule has 0 aromatic heterocycles. The van der Waals surface area contributed by atoms with E-state index < -0.39 is 47.4 Å². The number of rotatable bonds is 13. The van der Waals surface area contributed by atoms with Crippen molar-refractivity contribution in [2.24, 2.45) is 0 Å². The quantitative estimate of drug-likeness (QED) is 0.164. The van der Waals surface area contributed by atoms with Gasteiger partial charge in [0.25, 0.3) is 0 Å². The van der Waals surface area contributed by atoms with E-state index in [1.165, 1.54) is 0 Å². The molecule has 0 spiro atoms. The maximum atomic E-state index is 12.9. The lowest BCUT2D eigenvalue weighted by Gasteiger charge is -2.23. The highest BCUT2D eigenvalue weighted by Gasteiger charge is 2.26. The zero-order valence-electron chi connectivity index (χ0n) is 25.9. The fraction of sp³-hybridized carbons (Fsp3) is 0.455. The van der Waals surface area contributed by atoms with Crippen LogP contribution in [0.3, 0.4) is 0 Å². The molecule has 2 aromatic rings. The molecular formula is C33H44N2O8. The fourth-order valence-electron chi connectivity index (χ4n) is 3.63. The molecule has 0 radical (unpaired) electrons. The van der Waals surface area contributed by atoms with E-state index in [-0.39, 0.29) is 26.1 Å². The van der Waals surface area contributed by atoms with Crippen molar-refractivity contribution in [1.29, 1.82) is 0 Å². The minimum Gasteiger partial charge on any atom is -0.459 e. The zero-order valence-corrected chi connectivity index (χ0v) is 25.9. The van der Waals surface area contributed by atoms with Crippen molar-refractivity contribution in [2.45, 2.75) is 97.3 Å². The summed E-state index contributed by atoms with van der Waals surface area (Å²) in [5, 5.41) is 5.16. The third kappa shape index (κ3) is 15.5. The highest BCUT2D eigenvalue weighted by molar-refractivity contribution is 5.82. The van der Waals surface area contributed by atoms with E-state index in [2.05, 4.69) is 10.6 Å². The van der Waals surface area contributed by atoms with Crippen molar-refractivity contribution in [3.05, 3.63) is 83.9 Å². The minimum atomic E-state index is -0.999. The molecule has 234 valence electrons. The van der Waals surface area contributed by atoms with Crippen LogP contribution in [0.4, 0.5) is 9.59 Å². The molecule has 0 saturated heterocycles. The number of esters is 2. The number of alkyl carbamates (subject to hydrolysis) is 2. The summed E-state index contributed by atoms with van der Waals surface area (Å²) in [5.74, 6) is -1.22. The molecule has 0 aliphatic heterocycles. The Bertz CT molecular complexity index is 1200. The van der Waals surface area contributed by atoms with Crippen molar-refractivity contribution in [1.82, 2.24) is 10.6 Å². The van der Waals surface area contributed by atoms with Gasteiger partial charge in [-0.15, -0.1) is 0 Å². The molecule has 10 nitrogen and oxygen atoms in total. The molecule has 0 fully saturated rings. The first kappa shape index (κ1) is 34.9. The summed E-state index contributed by atoms with van der Waals surface area (Å²) in [6.07, 6.45) is 2.67. The number of allylic oxidation sites excluding steroid dienone is 1. The molecule has 0 aliphatic carbocycles. The van der Waals surface area contributed by atoms with E-state index in [9.17, 15) is 19.2 Å². The Morgan fingerprint density at radius 1 is 0.651 bits per heavy atom. The fourth-order valence-corrected chi connectivity index (χ4v) is 3.63. The van der Waals surface area contributed by atoms with E-state index >= 15 is 0 Å². The van der Waals surface area contributed by atoms with Gasteiger partial charge < -0.3 is 29.6 Å². The summed E-state index contributed by atoms with van der Waals surface area (Å²) >= 11 is 0. The molecule has 2 aromatic carbocycles. The van der Waals surface area contributed by atoms with Gasteiger partial charge in [-0.2, -0.15) is 0 Å². The van der Waals surface area contributed by atoms with Crippen LogP contribution in [0.2, 0.25) is 0 Å². The van der Waals surface area contributed by atoms with Crippen LogP contribution in [0.25, 0.3) is 0 Å². The number of benzene rings is 2. The second kappa shape index (κ2) is 16.9. The number of hydrogen-bond donors (Lipinski definition) is 2. The zero-order chi connectivity index (χ0) is 31.9. The summed E-state index contributed by atoms with van der Waals surface area (Å²) in [6.45, 7) is 10.5. The Balaban J connectivity index is 2.02. The lowest BCUT2D eigenvalue weighted by Crippen LogP contribution is -2.44. The van der Waals surface area contributed by atoms with Crippen LogP contribution in [0.5, 0.6) is 0 Å². The van der Waals surface area contributed by atoms with Crippen LogP contribution < -0.4 is 10.6 Å². The Kier molecular flexibility index (Phi) is 13.7. The van der Waals surface area contributed by atoms with E-state index in [4.69, 9.17) is 18.9 Å². The monoisotopic (exact) mass is 596 g/mol. The number of nitrogens with one attached hydrogen (secondary N) is 2. The van der Waals surface area contributed by atoms with Crippen molar-refractivity contribution in [3.8, 4) is 0 Å². The molecule has 2 N–H and O–H groups in total. The second-order valence-electron chi connectivity index (χ2n) is 11.9.